The third kappa shape index (κ3) is 6.98. The summed E-state index contributed by atoms with van der Waals surface area (Å²) < 4.78 is 1.81. The largest absolute Gasteiger partial charge is 0.321 e. The Bertz CT molecular complexity index is 2090. The van der Waals surface area contributed by atoms with Crippen molar-refractivity contribution in [3.63, 3.8) is 0 Å². The molecule has 2 N–H and O–H groups in total. The van der Waals surface area contributed by atoms with E-state index in [9.17, 15) is 14.4 Å². The first-order chi connectivity index (χ1) is 22.8. The molecule has 1 aromatic heterocycles. The van der Waals surface area contributed by atoms with Gasteiger partial charge in [-0.15, -0.1) is 11.8 Å². The number of hydrogen-bond donors (Lipinski definition) is 2. The van der Waals surface area contributed by atoms with E-state index in [1.165, 1.54) is 17.8 Å². The third-order valence-corrected chi connectivity index (χ3v) is 9.64. The number of nitrogens with one attached hydrogen (secondary N) is 2. The van der Waals surface area contributed by atoms with Crippen LogP contribution in [0.3, 0.4) is 0 Å². The molecular formula is C38H29Cl2N3O3S. The minimum absolute atomic E-state index is 0.0187. The van der Waals surface area contributed by atoms with Gasteiger partial charge in [0.15, 0.2) is 0 Å². The van der Waals surface area contributed by atoms with Gasteiger partial charge in [0, 0.05) is 42.5 Å². The number of para-hydroxylation sites is 2. The van der Waals surface area contributed by atoms with Gasteiger partial charge >= 0.3 is 0 Å². The summed E-state index contributed by atoms with van der Waals surface area (Å²) >= 11 is 14.2. The smallest absolute Gasteiger partial charge is 0.272 e. The number of amides is 2. The molecular weight excluding hydrogens is 649 g/mol. The maximum absolute atomic E-state index is 14.1. The Hall–Kier alpha value is -4.82. The zero-order valence-electron chi connectivity index (χ0n) is 25.2. The number of hydrogen-bond acceptors (Lipinski definition) is 4. The van der Waals surface area contributed by atoms with Crippen LogP contribution in [0.1, 0.15) is 34.1 Å². The molecule has 0 aliphatic carbocycles. The number of halogens is 2. The Morgan fingerprint density at radius 3 is 2.00 bits per heavy atom. The highest BCUT2D eigenvalue weighted by Crippen LogP contribution is 2.34. The second-order valence-electron chi connectivity index (χ2n) is 10.7. The van der Waals surface area contributed by atoms with Crippen molar-refractivity contribution in [2.45, 2.75) is 23.5 Å². The van der Waals surface area contributed by atoms with E-state index in [4.69, 9.17) is 23.2 Å². The van der Waals surface area contributed by atoms with Crippen LogP contribution in [0, 0.1) is 0 Å². The molecule has 6 aromatic rings. The molecule has 0 saturated carbocycles. The fraction of sp³-hybridized carbons (Fsp3) is 0.0789. The SMILES string of the molecule is CCC(Sc1cccc(NC(=O)/C(=C\c2c(Cl)cccc2Cl)NC(=O)c2ccccc2)c1)C(=O)n1c2ccccc2c2ccccc21. The van der Waals surface area contributed by atoms with Crippen LogP contribution in [0.4, 0.5) is 5.69 Å². The minimum Gasteiger partial charge on any atom is -0.321 e. The Morgan fingerprint density at radius 2 is 1.36 bits per heavy atom. The number of benzene rings is 5. The number of aromatic nitrogens is 1. The molecule has 1 heterocycles. The van der Waals surface area contributed by atoms with Gasteiger partial charge in [-0.3, -0.25) is 19.0 Å². The summed E-state index contributed by atoms with van der Waals surface area (Å²) in [4.78, 5) is 41.6. The fourth-order valence-electron chi connectivity index (χ4n) is 5.36. The van der Waals surface area contributed by atoms with E-state index in [1.807, 2.05) is 78.2 Å². The third-order valence-electron chi connectivity index (χ3n) is 7.63. The quantitative estimate of drug-likeness (QED) is 0.118. The highest BCUT2D eigenvalue weighted by Gasteiger charge is 2.24. The van der Waals surface area contributed by atoms with E-state index in [1.54, 1.807) is 54.6 Å². The maximum atomic E-state index is 14.1. The van der Waals surface area contributed by atoms with Gasteiger partial charge in [-0.1, -0.05) is 96.9 Å². The Balaban J connectivity index is 1.26. The standard InChI is InChI=1S/C38H29Cl2N3O3S/c1-2-35(38(46)43-33-20-8-6-16-27(33)28-17-7-9-21-34(28)43)47-26-15-10-14-25(22-26)41-37(45)32(23-29-30(39)18-11-19-31(29)40)42-36(44)24-12-4-3-5-13-24/h3-23,35H,2H2,1H3,(H,41,45)(H,42,44)/b32-23+. The summed E-state index contributed by atoms with van der Waals surface area (Å²) in [6.07, 6.45) is 2.05. The van der Waals surface area contributed by atoms with Gasteiger partial charge in [0.05, 0.1) is 16.3 Å². The molecule has 0 spiro atoms. The summed E-state index contributed by atoms with van der Waals surface area (Å²) in [6.45, 7) is 1.99. The number of fused-ring (bicyclic) bond motifs is 3. The van der Waals surface area contributed by atoms with E-state index >= 15 is 0 Å². The molecule has 5 aromatic carbocycles. The lowest BCUT2D eigenvalue weighted by Gasteiger charge is -2.17. The van der Waals surface area contributed by atoms with Crippen molar-refractivity contribution in [3.8, 4) is 0 Å². The molecule has 6 nitrogen and oxygen atoms in total. The molecule has 1 unspecified atom stereocenters. The second-order valence-corrected chi connectivity index (χ2v) is 12.8. The number of nitrogens with zero attached hydrogens (tertiary/aromatic N) is 1. The molecule has 234 valence electrons. The van der Waals surface area contributed by atoms with E-state index in [0.29, 0.717) is 33.3 Å². The second kappa shape index (κ2) is 14.3. The fourth-order valence-corrected chi connectivity index (χ4v) is 6.92. The highest BCUT2D eigenvalue weighted by atomic mass is 35.5. The van der Waals surface area contributed by atoms with Crippen molar-refractivity contribution in [1.29, 1.82) is 0 Å². The highest BCUT2D eigenvalue weighted by molar-refractivity contribution is 8.00. The number of thioether (sulfide) groups is 1. The molecule has 47 heavy (non-hydrogen) atoms. The van der Waals surface area contributed by atoms with Crippen LogP contribution >= 0.6 is 35.0 Å². The molecule has 2 amide bonds. The van der Waals surface area contributed by atoms with Gasteiger partial charge in [-0.05, 0) is 67.1 Å². The van der Waals surface area contributed by atoms with Crippen LogP contribution in [0.5, 0.6) is 0 Å². The van der Waals surface area contributed by atoms with Crippen LogP contribution in [-0.2, 0) is 4.79 Å². The van der Waals surface area contributed by atoms with Crippen LogP contribution in [0.15, 0.2) is 132 Å². The van der Waals surface area contributed by atoms with Crippen LogP contribution in [0.25, 0.3) is 27.9 Å². The Morgan fingerprint density at radius 1 is 0.766 bits per heavy atom. The average molecular weight is 679 g/mol. The van der Waals surface area contributed by atoms with Gasteiger partial charge in [0.25, 0.3) is 11.8 Å². The Kier molecular flexibility index (Phi) is 9.78. The van der Waals surface area contributed by atoms with Gasteiger partial charge in [-0.2, -0.15) is 0 Å². The number of rotatable bonds is 9. The van der Waals surface area contributed by atoms with Crippen LogP contribution < -0.4 is 10.6 Å². The van der Waals surface area contributed by atoms with E-state index in [-0.39, 0.29) is 16.9 Å². The first-order valence-electron chi connectivity index (χ1n) is 15.0. The summed E-state index contributed by atoms with van der Waals surface area (Å²) in [5.41, 5.74) is 2.97. The topological polar surface area (TPSA) is 80.2 Å². The average Bonchev–Trinajstić information content (AvgIpc) is 3.43. The van der Waals surface area contributed by atoms with E-state index < -0.39 is 11.8 Å². The summed E-state index contributed by atoms with van der Waals surface area (Å²) in [6, 6.07) is 36.7. The minimum atomic E-state index is -0.569. The maximum Gasteiger partial charge on any atom is 0.272 e. The summed E-state index contributed by atoms with van der Waals surface area (Å²) in [7, 11) is 0. The van der Waals surface area contributed by atoms with E-state index in [2.05, 4.69) is 10.6 Å². The van der Waals surface area contributed by atoms with Gasteiger partial charge in [-0.25, -0.2) is 0 Å². The summed E-state index contributed by atoms with van der Waals surface area (Å²) in [5, 5.41) is 7.92. The molecule has 1 atom stereocenters. The lowest BCUT2D eigenvalue weighted by atomic mass is 10.1. The molecule has 0 aliphatic rings. The lowest BCUT2D eigenvalue weighted by Crippen LogP contribution is -2.30. The van der Waals surface area contributed by atoms with Gasteiger partial charge in [0.2, 0.25) is 5.91 Å². The first-order valence-corrected chi connectivity index (χ1v) is 16.6. The van der Waals surface area contributed by atoms with Crippen molar-refractivity contribution in [1.82, 2.24) is 9.88 Å². The normalized spacial score (nSPS) is 12.2. The number of anilines is 1. The van der Waals surface area contributed by atoms with Crippen LogP contribution in [-0.4, -0.2) is 27.5 Å². The number of carbonyl (C=O) groups is 3. The van der Waals surface area contributed by atoms with Gasteiger partial charge in [0.1, 0.15) is 5.70 Å². The van der Waals surface area contributed by atoms with Crippen molar-refractivity contribution >= 4 is 86.3 Å². The molecule has 0 fully saturated rings. The molecule has 0 bridgehead atoms. The van der Waals surface area contributed by atoms with Gasteiger partial charge < -0.3 is 10.6 Å². The van der Waals surface area contributed by atoms with Crippen LogP contribution in [0.2, 0.25) is 10.0 Å². The van der Waals surface area contributed by atoms with Crippen molar-refractivity contribution in [3.05, 3.63) is 148 Å². The van der Waals surface area contributed by atoms with Crippen molar-refractivity contribution in [2.75, 3.05) is 5.32 Å². The molecule has 6 rings (SSSR count). The van der Waals surface area contributed by atoms with E-state index in [0.717, 1.165) is 26.7 Å². The predicted molar refractivity (Wildman–Crippen MR) is 193 cm³/mol. The zero-order valence-corrected chi connectivity index (χ0v) is 27.6. The number of carbonyl (C=O) groups excluding carboxylic acids is 3. The predicted octanol–water partition coefficient (Wildman–Crippen LogP) is 9.72. The molecule has 0 saturated heterocycles. The lowest BCUT2D eigenvalue weighted by molar-refractivity contribution is -0.113. The van der Waals surface area contributed by atoms with Crippen molar-refractivity contribution in [2.24, 2.45) is 0 Å². The summed E-state index contributed by atoms with van der Waals surface area (Å²) in [5.74, 6) is -1.05. The molecule has 0 aliphatic heterocycles. The Labute approximate surface area is 286 Å². The zero-order chi connectivity index (χ0) is 32.9. The first kappa shape index (κ1) is 32.1. The van der Waals surface area contributed by atoms with Crippen molar-refractivity contribution < 1.29 is 14.4 Å². The molecule has 9 heteroatoms. The monoisotopic (exact) mass is 677 g/mol. The molecule has 0 radical (unpaired) electrons.